The summed E-state index contributed by atoms with van der Waals surface area (Å²) in [6.07, 6.45) is 4.79. The van der Waals surface area contributed by atoms with E-state index < -0.39 is 6.04 Å². The number of nitrogens with one attached hydrogen (secondary N) is 1. The molecule has 5 rings (SSSR count). The molecule has 0 aliphatic rings. The Balaban J connectivity index is 1.59. The third-order valence-electron chi connectivity index (χ3n) is 6.18. The molecule has 0 spiro atoms. The lowest BCUT2D eigenvalue weighted by Gasteiger charge is -2.33. The van der Waals surface area contributed by atoms with Crippen LogP contribution in [0.4, 0.5) is 5.69 Å². The van der Waals surface area contributed by atoms with Crippen LogP contribution in [0.15, 0.2) is 89.8 Å². The fourth-order valence-electron chi connectivity index (χ4n) is 4.46. The normalized spacial score (nSPS) is 11.8. The molecule has 0 aliphatic heterocycles. The molecule has 0 radical (unpaired) electrons. The minimum absolute atomic E-state index is 0.101. The zero-order valence-corrected chi connectivity index (χ0v) is 20.5. The third-order valence-corrected chi connectivity index (χ3v) is 6.18. The van der Waals surface area contributed by atoms with Crippen molar-refractivity contribution in [2.45, 2.75) is 33.0 Å². The highest BCUT2D eigenvalue weighted by Crippen LogP contribution is 2.33. The van der Waals surface area contributed by atoms with Gasteiger partial charge in [0.25, 0.3) is 0 Å². The van der Waals surface area contributed by atoms with E-state index in [0.717, 1.165) is 16.6 Å². The zero-order valence-electron chi connectivity index (χ0n) is 20.5. The van der Waals surface area contributed by atoms with Crippen molar-refractivity contribution in [3.8, 4) is 0 Å². The van der Waals surface area contributed by atoms with Crippen molar-refractivity contribution in [2.24, 2.45) is 0 Å². The fraction of sp³-hybridized carbons (Fsp3) is 0.179. The second kappa shape index (κ2) is 10.4. The number of aryl methyl sites for hydroxylation is 2. The number of hydrogen-bond acceptors (Lipinski definition) is 6. The summed E-state index contributed by atoms with van der Waals surface area (Å²) in [4.78, 5) is 33.7. The molecule has 0 fully saturated rings. The van der Waals surface area contributed by atoms with Gasteiger partial charge in [-0.3, -0.25) is 19.5 Å². The summed E-state index contributed by atoms with van der Waals surface area (Å²) < 4.78 is 6.94. The maximum atomic E-state index is 14.1. The average Bonchev–Trinajstić information content (AvgIpc) is 3.57. The van der Waals surface area contributed by atoms with Gasteiger partial charge in [0.1, 0.15) is 23.9 Å². The van der Waals surface area contributed by atoms with Crippen LogP contribution in [0.2, 0.25) is 0 Å². The molecular weight excluding hydrogens is 468 g/mol. The van der Waals surface area contributed by atoms with Crippen molar-refractivity contribution < 1.29 is 14.0 Å². The number of benzene rings is 2. The summed E-state index contributed by atoms with van der Waals surface area (Å²) in [6, 6.07) is 19.3. The number of furan rings is 1. The molecule has 0 unspecified atom stereocenters. The molecule has 3 heterocycles. The van der Waals surface area contributed by atoms with Crippen LogP contribution in [0.3, 0.4) is 0 Å². The van der Waals surface area contributed by atoms with Crippen LogP contribution in [-0.4, -0.2) is 31.8 Å². The predicted octanol–water partition coefficient (Wildman–Crippen LogP) is 4.13. The molecule has 2 aromatic carbocycles. The zero-order chi connectivity index (χ0) is 25.8. The topological polar surface area (TPSA) is 106 Å². The van der Waals surface area contributed by atoms with Gasteiger partial charge in [0.15, 0.2) is 0 Å². The number of amides is 2. The lowest BCUT2D eigenvalue weighted by atomic mass is 10.0. The summed E-state index contributed by atoms with van der Waals surface area (Å²) in [7, 11) is 0. The minimum Gasteiger partial charge on any atom is -0.467 e. The smallest absolute Gasteiger partial charge is 0.249 e. The summed E-state index contributed by atoms with van der Waals surface area (Å²) in [5.74, 6) is -0.0590. The highest BCUT2D eigenvalue weighted by molar-refractivity contribution is 6.02. The Morgan fingerprint density at radius 2 is 1.81 bits per heavy atom. The Kier molecular flexibility index (Phi) is 6.76. The number of carbonyl (C=O) groups is 2. The van der Waals surface area contributed by atoms with Gasteiger partial charge in [-0.25, -0.2) is 4.68 Å². The van der Waals surface area contributed by atoms with Crippen molar-refractivity contribution in [1.29, 1.82) is 0 Å². The lowest BCUT2D eigenvalue weighted by molar-refractivity contribution is -0.127. The van der Waals surface area contributed by atoms with E-state index in [9.17, 15) is 9.59 Å². The van der Waals surface area contributed by atoms with Gasteiger partial charge in [0, 0.05) is 18.0 Å². The summed E-state index contributed by atoms with van der Waals surface area (Å²) in [5, 5.41) is 11.3. The number of nitrogens with zero attached hydrogens (tertiary/aromatic N) is 5. The number of aromatic nitrogens is 4. The van der Waals surface area contributed by atoms with Gasteiger partial charge in [-0.15, -0.1) is 5.10 Å². The minimum atomic E-state index is -0.981. The molecule has 9 nitrogen and oxygen atoms in total. The van der Waals surface area contributed by atoms with E-state index in [1.54, 1.807) is 52.5 Å². The molecule has 0 aliphatic carbocycles. The average molecular weight is 495 g/mol. The molecule has 5 aromatic rings. The number of rotatable bonds is 8. The first-order chi connectivity index (χ1) is 18.0. The molecule has 37 heavy (non-hydrogen) atoms. The van der Waals surface area contributed by atoms with Crippen LogP contribution < -0.4 is 10.2 Å². The fourth-order valence-corrected chi connectivity index (χ4v) is 4.46. The highest BCUT2D eigenvalue weighted by atomic mass is 16.3. The first-order valence-corrected chi connectivity index (χ1v) is 11.9. The van der Waals surface area contributed by atoms with Gasteiger partial charge < -0.3 is 9.73 Å². The maximum absolute atomic E-state index is 14.1. The van der Waals surface area contributed by atoms with Crippen LogP contribution in [0.25, 0.3) is 11.0 Å². The van der Waals surface area contributed by atoms with Crippen molar-refractivity contribution in [2.75, 3.05) is 4.90 Å². The number of carbonyl (C=O) groups excluding carboxylic acids is 2. The molecule has 0 saturated carbocycles. The van der Waals surface area contributed by atoms with Crippen molar-refractivity contribution in [1.82, 2.24) is 25.3 Å². The van der Waals surface area contributed by atoms with Crippen LogP contribution in [0.5, 0.6) is 0 Å². The lowest BCUT2D eigenvalue weighted by Crippen LogP contribution is -2.45. The molecular formula is C28H26N6O3. The molecule has 3 aromatic heterocycles. The Labute approximate surface area is 213 Å². The SMILES string of the molecule is Cc1cccc(C)c1N(C(=O)Cn1nnc2ccccc21)[C@H](C(=O)NCc1ccco1)c1cccnc1. The summed E-state index contributed by atoms with van der Waals surface area (Å²) >= 11 is 0. The van der Waals surface area contributed by atoms with Crippen LogP contribution in [0, 0.1) is 13.8 Å². The van der Waals surface area contributed by atoms with E-state index in [0.29, 0.717) is 22.5 Å². The molecule has 0 bridgehead atoms. The van der Waals surface area contributed by atoms with Gasteiger partial charge in [-0.05, 0) is 55.3 Å². The standard InChI is InChI=1S/C28H26N6O3/c1-19-8-5-9-20(2)26(19)34(25(35)18-33-24-13-4-3-12-23(24)31-32-33)27(21-10-6-14-29-16-21)28(36)30-17-22-11-7-15-37-22/h3-16,27H,17-18H2,1-2H3,(H,30,36)/t27-/m0/s1. The van der Waals surface area contributed by atoms with E-state index in [4.69, 9.17) is 4.42 Å². The summed E-state index contributed by atoms with van der Waals surface area (Å²) in [5.41, 5.74) is 4.40. The van der Waals surface area contributed by atoms with Crippen LogP contribution >= 0.6 is 0 Å². The molecule has 2 amide bonds. The Hall–Kier alpha value is -4.79. The summed E-state index contributed by atoms with van der Waals surface area (Å²) in [6.45, 7) is 3.94. The van der Waals surface area contributed by atoms with Gasteiger partial charge in [0.05, 0.1) is 24.0 Å². The van der Waals surface area contributed by atoms with Crippen LogP contribution in [0.1, 0.15) is 28.5 Å². The second-order valence-electron chi connectivity index (χ2n) is 8.73. The van der Waals surface area contributed by atoms with Crippen molar-refractivity contribution >= 4 is 28.5 Å². The molecule has 0 saturated heterocycles. The molecule has 186 valence electrons. The quantitative estimate of drug-likeness (QED) is 0.348. The molecule has 1 atom stereocenters. The molecule has 1 N–H and O–H groups in total. The number of hydrogen-bond donors (Lipinski definition) is 1. The predicted molar refractivity (Wildman–Crippen MR) is 138 cm³/mol. The Morgan fingerprint density at radius 3 is 2.54 bits per heavy atom. The van der Waals surface area contributed by atoms with E-state index in [-0.39, 0.29) is 24.9 Å². The number of para-hydroxylation sites is 2. The first-order valence-electron chi connectivity index (χ1n) is 11.9. The Bertz CT molecular complexity index is 1510. The maximum Gasteiger partial charge on any atom is 0.249 e. The largest absolute Gasteiger partial charge is 0.467 e. The van der Waals surface area contributed by atoms with Gasteiger partial charge in [-0.2, -0.15) is 0 Å². The van der Waals surface area contributed by atoms with Crippen LogP contribution in [-0.2, 0) is 22.7 Å². The van der Waals surface area contributed by atoms with E-state index in [1.165, 1.54) is 0 Å². The van der Waals surface area contributed by atoms with Crippen molar-refractivity contribution in [3.05, 3.63) is 108 Å². The number of pyridine rings is 1. The second-order valence-corrected chi connectivity index (χ2v) is 8.73. The van der Waals surface area contributed by atoms with Gasteiger partial charge in [0.2, 0.25) is 11.8 Å². The van der Waals surface area contributed by atoms with Crippen molar-refractivity contribution in [3.63, 3.8) is 0 Å². The van der Waals surface area contributed by atoms with Gasteiger partial charge in [-0.1, -0.05) is 41.6 Å². The van der Waals surface area contributed by atoms with E-state index in [1.807, 2.05) is 56.3 Å². The number of fused-ring (bicyclic) bond motifs is 1. The first kappa shape index (κ1) is 23.9. The number of anilines is 1. The Morgan fingerprint density at radius 1 is 1.00 bits per heavy atom. The third kappa shape index (κ3) is 4.97. The van der Waals surface area contributed by atoms with Gasteiger partial charge >= 0.3 is 0 Å². The highest BCUT2D eigenvalue weighted by Gasteiger charge is 2.35. The monoisotopic (exact) mass is 494 g/mol. The van der Waals surface area contributed by atoms with E-state index in [2.05, 4.69) is 20.6 Å². The molecule has 9 heteroatoms. The van der Waals surface area contributed by atoms with E-state index >= 15 is 0 Å².